The number of halogens is 2. The minimum absolute atomic E-state index is 0. The second-order valence-corrected chi connectivity index (χ2v) is 4.61. The topological polar surface area (TPSA) is 54.0 Å². The molecule has 1 aliphatic rings. The van der Waals surface area contributed by atoms with E-state index in [-0.39, 0.29) is 30.7 Å². The Morgan fingerprint density at radius 3 is 2.95 bits per heavy atom. The summed E-state index contributed by atoms with van der Waals surface area (Å²) in [6.07, 6.45) is 3.49. The SMILES string of the molecule is Cc1cccnc1CNC(=O)CC1CCNC1.Cl.Cl. The van der Waals surface area contributed by atoms with E-state index in [9.17, 15) is 4.79 Å². The van der Waals surface area contributed by atoms with Gasteiger partial charge in [-0.3, -0.25) is 9.78 Å². The van der Waals surface area contributed by atoms with Crippen LogP contribution in [0.15, 0.2) is 18.3 Å². The van der Waals surface area contributed by atoms with Crippen LogP contribution in [-0.2, 0) is 11.3 Å². The van der Waals surface area contributed by atoms with Gasteiger partial charge in [-0.2, -0.15) is 0 Å². The largest absolute Gasteiger partial charge is 0.350 e. The molecular formula is C13H21Cl2N3O. The summed E-state index contributed by atoms with van der Waals surface area (Å²) in [5.74, 6) is 0.628. The summed E-state index contributed by atoms with van der Waals surface area (Å²) >= 11 is 0. The van der Waals surface area contributed by atoms with Crippen molar-refractivity contribution in [2.75, 3.05) is 13.1 Å². The molecule has 108 valence electrons. The molecule has 0 aliphatic carbocycles. The first-order chi connectivity index (χ1) is 8.25. The Morgan fingerprint density at radius 1 is 1.53 bits per heavy atom. The van der Waals surface area contributed by atoms with Crippen molar-refractivity contribution >= 4 is 30.7 Å². The molecule has 1 saturated heterocycles. The van der Waals surface area contributed by atoms with Gasteiger partial charge in [0.2, 0.25) is 5.91 Å². The number of nitrogens with one attached hydrogen (secondary N) is 2. The van der Waals surface area contributed by atoms with Crippen molar-refractivity contribution in [1.29, 1.82) is 0 Å². The van der Waals surface area contributed by atoms with Crippen molar-refractivity contribution in [1.82, 2.24) is 15.6 Å². The maximum absolute atomic E-state index is 11.7. The van der Waals surface area contributed by atoms with E-state index < -0.39 is 0 Å². The van der Waals surface area contributed by atoms with Crippen LogP contribution in [-0.4, -0.2) is 24.0 Å². The summed E-state index contributed by atoms with van der Waals surface area (Å²) in [5.41, 5.74) is 2.07. The Morgan fingerprint density at radius 2 is 2.32 bits per heavy atom. The molecule has 1 atom stereocenters. The zero-order chi connectivity index (χ0) is 12.1. The molecule has 1 aromatic heterocycles. The minimum Gasteiger partial charge on any atom is -0.350 e. The lowest BCUT2D eigenvalue weighted by molar-refractivity contribution is -0.122. The quantitative estimate of drug-likeness (QED) is 0.892. The smallest absolute Gasteiger partial charge is 0.220 e. The molecule has 4 nitrogen and oxygen atoms in total. The summed E-state index contributed by atoms with van der Waals surface area (Å²) < 4.78 is 0. The number of hydrogen-bond donors (Lipinski definition) is 2. The Bertz CT molecular complexity index is 395. The number of carbonyl (C=O) groups is 1. The van der Waals surface area contributed by atoms with Gasteiger partial charge in [-0.25, -0.2) is 0 Å². The summed E-state index contributed by atoms with van der Waals surface area (Å²) in [4.78, 5) is 16.0. The number of aryl methyl sites for hydroxylation is 1. The fourth-order valence-electron chi connectivity index (χ4n) is 2.11. The number of nitrogens with zero attached hydrogens (tertiary/aromatic N) is 1. The van der Waals surface area contributed by atoms with Crippen LogP contribution in [0, 0.1) is 12.8 Å². The van der Waals surface area contributed by atoms with Crippen molar-refractivity contribution in [3.63, 3.8) is 0 Å². The molecule has 19 heavy (non-hydrogen) atoms. The minimum atomic E-state index is 0. The Kier molecular flexibility index (Phi) is 8.72. The molecule has 0 aromatic carbocycles. The molecule has 0 radical (unpaired) electrons. The molecule has 1 unspecified atom stereocenters. The van der Waals surface area contributed by atoms with Crippen LogP contribution >= 0.6 is 24.8 Å². The highest BCUT2D eigenvalue weighted by Crippen LogP contribution is 2.11. The molecule has 2 rings (SSSR count). The molecule has 1 aliphatic heterocycles. The molecule has 1 amide bonds. The third-order valence-corrected chi connectivity index (χ3v) is 3.21. The number of amides is 1. The zero-order valence-electron chi connectivity index (χ0n) is 11.0. The number of pyridine rings is 1. The fourth-order valence-corrected chi connectivity index (χ4v) is 2.11. The lowest BCUT2D eigenvalue weighted by Crippen LogP contribution is -2.26. The predicted octanol–water partition coefficient (Wildman–Crippen LogP) is 1.85. The predicted molar refractivity (Wildman–Crippen MR) is 80.9 cm³/mol. The second-order valence-electron chi connectivity index (χ2n) is 4.61. The Hall–Kier alpha value is -0.840. The van der Waals surface area contributed by atoms with E-state index in [1.54, 1.807) is 6.20 Å². The Labute approximate surface area is 126 Å². The average molecular weight is 306 g/mol. The van der Waals surface area contributed by atoms with Gasteiger partial charge in [0.05, 0.1) is 12.2 Å². The van der Waals surface area contributed by atoms with Gasteiger partial charge in [-0.05, 0) is 44.0 Å². The first-order valence-corrected chi connectivity index (χ1v) is 6.13. The fraction of sp³-hybridized carbons (Fsp3) is 0.538. The van der Waals surface area contributed by atoms with Crippen molar-refractivity contribution in [2.24, 2.45) is 5.92 Å². The number of hydrogen-bond acceptors (Lipinski definition) is 3. The van der Waals surface area contributed by atoms with Crippen LogP contribution in [0.1, 0.15) is 24.1 Å². The van der Waals surface area contributed by atoms with Gasteiger partial charge in [-0.1, -0.05) is 6.07 Å². The van der Waals surface area contributed by atoms with Gasteiger partial charge in [0, 0.05) is 12.6 Å². The van der Waals surface area contributed by atoms with Crippen LogP contribution in [0.3, 0.4) is 0 Å². The first kappa shape index (κ1) is 18.2. The zero-order valence-corrected chi connectivity index (χ0v) is 12.6. The standard InChI is InChI=1S/C13H19N3O.2ClH/c1-10-3-2-5-15-12(10)9-16-13(17)7-11-4-6-14-8-11;;/h2-3,5,11,14H,4,6-9H2,1H3,(H,16,17);2*1H. The van der Waals surface area contributed by atoms with E-state index in [1.807, 2.05) is 19.1 Å². The average Bonchev–Trinajstić information content (AvgIpc) is 2.81. The van der Waals surface area contributed by atoms with Crippen LogP contribution in [0.4, 0.5) is 0 Å². The van der Waals surface area contributed by atoms with E-state index in [0.717, 1.165) is 30.8 Å². The maximum atomic E-state index is 11.7. The van der Waals surface area contributed by atoms with E-state index in [2.05, 4.69) is 15.6 Å². The monoisotopic (exact) mass is 305 g/mol. The van der Waals surface area contributed by atoms with Gasteiger partial charge in [-0.15, -0.1) is 24.8 Å². The van der Waals surface area contributed by atoms with Crippen LogP contribution in [0.5, 0.6) is 0 Å². The van der Waals surface area contributed by atoms with Crippen LogP contribution in [0.25, 0.3) is 0 Å². The van der Waals surface area contributed by atoms with Crippen molar-refractivity contribution < 1.29 is 4.79 Å². The van der Waals surface area contributed by atoms with Gasteiger partial charge in [0.1, 0.15) is 0 Å². The molecule has 6 heteroatoms. The van der Waals surface area contributed by atoms with Gasteiger partial charge >= 0.3 is 0 Å². The molecule has 2 heterocycles. The molecular weight excluding hydrogens is 285 g/mol. The highest BCUT2D eigenvalue weighted by atomic mass is 35.5. The van der Waals surface area contributed by atoms with Crippen LogP contribution < -0.4 is 10.6 Å². The number of aromatic nitrogens is 1. The highest BCUT2D eigenvalue weighted by Gasteiger charge is 2.17. The highest BCUT2D eigenvalue weighted by molar-refractivity contribution is 5.85. The van der Waals surface area contributed by atoms with E-state index in [0.29, 0.717) is 18.9 Å². The molecule has 0 saturated carbocycles. The lowest BCUT2D eigenvalue weighted by Gasteiger charge is -2.09. The molecule has 0 bridgehead atoms. The summed E-state index contributed by atoms with van der Waals surface area (Å²) in [6, 6.07) is 3.92. The van der Waals surface area contributed by atoms with Crippen molar-refractivity contribution in [3.8, 4) is 0 Å². The first-order valence-electron chi connectivity index (χ1n) is 6.13. The number of rotatable bonds is 4. The third-order valence-electron chi connectivity index (χ3n) is 3.21. The van der Waals surface area contributed by atoms with E-state index >= 15 is 0 Å². The lowest BCUT2D eigenvalue weighted by atomic mass is 10.0. The van der Waals surface area contributed by atoms with Crippen molar-refractivity contribution in [2.45, 2.75) is 26.3 Å². The molecule has 1 aromatic rings. The van der Waals surface area contributed by atoms with Crippen molar-refractivity contribution in [3.05, 3.63) is 29.6 Å². The van der Waals surface area contributed by atoms with E-state index in [4.69, 9.17) is 0 Å². The van der Waals surface area contributed by atoms with Gasteiger partial charge < -0.3 is 10.6 Å². The summed E-state index contributed by atoms with van der Waals surface area (Å²) in [5, 5.41) is 6.21. The molecule has 2 N–H and O–H groups in total. The maximum Gasteiger partial charge on any atom is 0.220 e. The second kappa shape index (κ2) is 9.13. The number of carbonyl (C=O) groups excluding carboxylic acids is 1. The van der Waals surface area contributed by atoms with Gasteiger partial charge in [0.25, 0.3) is 0 Å². The third kappa shape index (κ3) is 5.76. The molecule has 1 fully saturated rings. The summed E-state index contributed by atoms with van der Waals surface area (Å²) in [7, 11) is 0. The summed E-state index contributed by atoms with van der Waals surface area (Å²) in [6.45, 7) is 4.55. The molecule has 0 spiro atoms. The normalized spacial score (nSPS) is 17.2. The van der Waals surface area contributed by atoms with Crippen LogP contribution in [0.2, 0.25) is 0 Å². The van der Waals surface area contributed by atoms with Gasteiger partial charge in [0.15, 0.2) is 0 Å². The van der Waals surface area contributed by atoms with E-state index in [1.165, 1.54) is 0 Å². The Balaban J connectivity index is 0.00000162.